The van der Waals surface area contributed by atoms with Crippen molar-refractivity contribution < 1.29 is 14.3 Å². The van der Waals surface area contributed by atoms with Crippen LogP contribution in [0.3, 0.4) is 0 Å². The molecule has 3 rings (SSSR count). The summed E-state index contributed by atoms with van der Waals surface area (Å²) in [6, 6.07) is 0.778. The zero-order valence-corrected chi connectivity index (χ0v) is 13.6. The Morgan fingerprint density at radius 3 is 2.68 bits per heavy atom. The van der Waals surface area contributed by atoms with Crippen molar-refractivity contribution in [1.82, 2.24) is 9.80 Å². The van der Waals surface area contributed by atoms with E-state index in [2.05, 4.69) is 4.90 Å². The maximum Gasteiger partial charge on any atom is 0.310 e. The highest BCUT2D eigenvalue weighted by Crippen LogP contribution is 2.29. The zero-order chi connectivity index (χ0) is 15.5. The predicted molar refractivity (Wildman–Crippen MR) is 83.3 cm³/mol. The number of carbonyl (C=O) groups excluding carboxylic acids is 2. The number of hydrogen-bond acceptors (Lipinski definition) is 4. The highest BCUT2D eigenvalue weighted by atomic mass is 16.5. The van der Waals surface area contributed by atoms with E-state index in [1.54, 1.807) is 0 Å². The van der Waals surface area contributed by atoms with Crippen LogP contribution in [0.4, 0.5) is 0 Å². The molecular weight excluding hydrogens is 280 g/mol. The van der Waals surface area contributed by atoms with Gasteiger partial charge in [0.15, 0.2) is 0 Å². The molecule has 124 valence electrons. The molecule has 5 heteroatoms. The van der Waals surface area contributed by atoms with E-state index in [-0.39, 0.29) is 17.8 Å². The normalized spacial score (nSPS) is 31.0. The number of carbonyl (C=O) groups is 2. The van der Waals surface area contributed by atoms with Crippen LogP contribution < -0.4 is 0 Å². The van der Waals surface area contributed by atoms with Crippen molar-refractivity contribution in [2.24, 2.45) is 11.8 Å². The van der Waals surface area contributed by atoms with Crippen LogP contribution in [0.5, 0.6) is 0 Å². The predicted octanol–water partition coefficient (Wildman–Crippen LogP) is 1.66. The number of methoxy groups -OCH3 is 1. The van der Waals surface area contributed by atoms with E-state index < -0.39 is 0 Å². The number of likely N-dealkylation sites (tertiary alicyclic amines) is 2. The molecule has 0 aromatic rings. The minimum Gasteiger partial charge on any atom is -0.469 e. The van der Waals surface area contributed by atoms with Crippen LogP contribution in [0, 0.1) is 11.8 Å². The Balaban J connectivity index is 1.52. The monoisotopic (exact) mass is 308 g/mol. The van der Waals surface area contributed by atoms with Gasteiger partial charge >= 0.3 is 5.97 Å². The van der Waals surface area contributed by atoms with Crippen molar-refractivity contribution in [2.45, 2.75) is 51.0 Å². The summed E-state index contributed by atoms with van der Waals surface area (Å²) in [4.78, 5) is 28.3. The maximum atomic E-state index is 12.1. The van der Waals surface area contributed by atoms with Gasteiger partial charge < -0.3 is 14.5 Å². The SMILES string of the molecule is COC(=O)C1CC(=O)N(CC2CCCN(C3CCCC3)C2)C1. The minimum absolute atomic E-state index is 0.119. The topological polar surface area (TPSA) is 49.9 Å². The fourth-order valence-electron chi connectivity index (χ4n) is 4.43. The molecule has 3 aliphatic rings. The largest absolute Gasteiger partial charge is 0.469 e. The first-order valence-corrected chi connectivity index (χ1v) is 8.77. The summed E-state index contributed by atoms with van der Waals surface area (Å²) in [5.41, 5.74) is 0. The number of rotatable bonds is 4. The number of nitrogens with zero attached hydrogens (tertiary/aromatic N) is 2. The molecule has 5 nitrogen and oxygen atoms in total. The molecular formula is C17H28N2O3. The van der Waals surface area contributed by atoms with E-state index in [1.165, 1.54) is 52.2 Å². The van der Waals surface area contributed by atoms with Gasteiger partial charge in [-0.3, -0.25) is 9.59 Å². The molecule has 1 aliphatic carbocycles. The second kappa shape index (κ2) is 6.99. The van der Waals surface area contributed by atoms with Crippen molar-refractivity contribution in [3.8, 4) is 0 Å². The molecule has 2 saturated heterocycles. The van der Waals surface area contributed by atoms with Gasteiger partial charge in [0.1, 0.15) is 0 Å². The van der Waals surface area contributed by atoms with E-state index in [0.717, 1.165) is 19.1 Å². The Morgan fingerprint density at radius 1 is 1.18 bits per heavy atom. The molecule has 1 saturated carbocycles. The summed E-state index contributed by atoms with van der Waals surface area (Å²) in [7, 11) is 1.40. The molecule has 22 heavy (non-hydrogen) atoms. The smallest absolute Gasteiger partial charge is 0.310 e. The van der Waals surface area contributed by atoms with Crippen LogP contribution in [0.25, 0.3) is 0 Å². The fourth-order valence-corrected chi connectivity index (χ4v) is 4.43. The third-order valence-electron chi connectivity index (χ3n) is 5.62. The summed E-state index contributed by atoms with van der Waals surface area (Å²) in [5, 5.41) is 0. The molecule has 0 bridgehead atoms. The lowest BCUT2D eigenvalue weighted by Crippen LogP contribution is -2.45. The highest BCUT2D eigenvalue weighted by Gasteiger charge is 2.37. The van der Waals surface area contributed by atoms with E-state index in [4.69, 9.17) is 4.74 Å². The Bertz CT molecular complexity index is 420. The second-order valence-electron chi connectivity index (χ2n) is 7.16. The number of ether oxygens (including phenoxy) is 1. The standard InChI is InChI=1S/C17H28N2O3/c1-22-17(21)14-9-16(20)19(12-14)11-13-5-4-8-18(10-13)15-6-2-3-7-15/h13-15H,2-12H2,1H3. The van der Waals surface area contributed by atoms with Crippen molar-refractivity contribution >= 4 is 11.9 Å². The van der Waals surface area contributed by atoms with Crippen LogP contribution in [0.1, 0.15) is 44.9 Å². The lowest BCUT2D eigenvalue weighted by molar-refractivity contribution is -0.145. The van der Waals surface area contributed by atoms with Crippen LogP contribution in [0.15, 0.2) is 0 Å². The molecule has 3 fully saturated rings. The molecule has 2 aliphatic heterocycles. The summed E-state index contributed by atoms with van der Waals surface area (Å²) in [6.07, 6.45) is 8.21. The first-order valence-electron chi connectivity index (χ1n) is 8.77. The number of amides is 1. The van der Waals surface area contributed by atoms with Crippen LogP contribution >= 0.6 is 0 Å². The number of esters is 1. The van der Waals surface area contributed by atoms with Gasteiger partial charge in [0, 0.05) is 32.1 Å². The summed E-state index contributed by atoms with van der Waals surface area (Å²) in [6.45, 7) is 3.71. The fraction of sp³-hybridized carbons (Fsp3) is 0.882. The maximum absolute atomic E-state index is 12.1. The third-order valence-corrected chi connectivity index (χ3v) is 5.62. The molecule has 0 spiro atoms. The van der Waals surface area contributed by atoms with Crippen molar-refractivity contribution in [1.29, 1.82) is 0 Å². The van der Waals surface area contributed by atoms with Gasteiger partial charge in [-0.2, -0.15) is 0 Å². The summed E-state index contributed by atoms with van der Waals surface area (Å²) in [5.74, 6) is 0.183. The van der Waals surface area contributed by atoms with Gasteiger partial charge in [-0.1, -0.05) is 12.8 Å². The Labute approximate surface area is 133 Å². The first-order chi connectivity index (χ1) is 10.7. The Morgan fingerprint density at radius 2 is 1.95 bits per heavy atom. The second-order valence-corrected chi connectivity index (χ2v) is 7.16. The molecule has 0 aromatic carbocycles. The summed E-state index contributed by atoms with van der Waals surface area (Å²) < 4.78 is 4.78. The van der Waals surface area contributed by atoms with E-state index in [1.807, 2.05) is 4.90 Å². The van der Waals surface area contributed by atoms with Crippen molar-refractivity contribution in [2.75, 3.05) is 33.3 Å². The first kappa shape index (κ1) is 15.8. The van der Waals surface area contributed by atoms with Gasteiger partial charge in [-0.25, -0.2) is 0 Å². The molecule has 0 aromatic heterocycles. The molecule has 1 amide bonds. The van der Waals surface area contributed by atoms with Crippen molar-refractivity contribution in [3.63, 3.8) is 0 Å². The Hall–Kier alpha value is -1.10. The summed E-state index contributed by atoms with van der Waals surface area (Å²) >= 11 is 0. The van der Waals surface area contributed by atoms with Gasteiger partial charge in [0.25, 0.3) is 0 Å². The van der Waals surface area contributed by atoms with Crippen LogP contribution in [-0.4, -0.2) is 61.0 Å². The highest BCUT2D eigenvalue weighted by molar-refractivity contribution is 5.86. The number of hydrogen-bond donors (Lipinski definition) is 0. The molecule has 2 heterocycles. The third kappa shape index (κ3) is 3.45. The average Bonchev–Trinajstić information content (AvgIpc) is 3.18. The molecule has 0 radical (unpaired) electrons. The van der Waals surface area contributed by atoms with E-state index in [0.29, 0.717) is 18.9 Å². The van der Waals surface area contributed by atoms with Gasteiger partial charge in [0.05, 0.1) is 13.0 Å². The minimum atomic E-state index is -0.257. The quantitative estimate of drug-likeness (QED) is 0.741. The Kier molecular flexibility index (Phi) is 5.01. The van der Waals surface area contributed by atoms with Gasteiger partial charge in [-0.05, 0) is 38.1 Å². The molecule has 0 N–H and O–H groups in total. The molecule has 2 unspecified atom stereocenters. The van der Waals surface area contributed by atoms with Crippen LogP contribution in [0.2, 0.25) is 0 Å². The van der Waals surface area contributed by atoms with E-state index >= 15 is 0 Å². The average molecular weight is 308 g/mol. The lowest BCUT2D eigenvalue weighted by Gasteiger charge is -2.38. The number of piperidine rings is 1. The van der Waals surface area contributed by atoms with Crippen LogP contribution in [-0.2, 0) is 14.3 Å². The van der Waals surface area contributed by atoms with Crippen molar-refractivity contribution in [3.05, 3.63) is 0 Å². The van der Waals surface area contributed by atoms with Gasteiger partial charge in [-0.15, -0.1) is 0 Å². The molecule has 2 atom stereocenters. The lowest BCUT2D eigenvalue weighted by atomic mass is 9.95. The zero-order valence-electron chi connectivity index (χ0n) is 13.6. The van der Waals surface area contributed by atoms with E-state index in [9.17, 15) is 9.59 Å². The van der Waals surface area contributed by atoms with Gasteiger partial charge in [0.2, 0.25) is 5.91 Å².